The zero-order chi connectivity index (χ0) is 18.3. The first kappa shape index (κ1) is 18.1. The van der Waals surface area contributed by atoms with E-state index in [1.807, 2.05) is 0 Å². The molecule has 5 rings (SSSR count). The number of esters is 1. The second-order valence-electron chi connectivity index (χ2n) is 8.46. The summed E-state index contributed by atoms with van der Waals surface area (Å²) in [5, 5.41) is 3.53. The van der Waals surface area contributed by atoms with Crippen molar-refractivity contribution in [1.82, 2.24) is 0 Å². The maximum absolute atomic E-state index is 12.3. The van der Waals surface area contributed by atoms with Gasteiger partial charge in [-0.05, 0) is 79.9 Å². The van der Waals surface area contributed by atoms with Crippen LogP contribution < -0.4 is 5.32 Å². The molecule has 0 saturated heterocycles. The van der Waals surface area contributed by atoms with E-state index in [1.54, 1.807) is 18.2 Å². The van der Waals surface area contributed by atoms with Gasteiger partial charge in [-0.15, -0.1) is 0 Å². The van der Waals surface area contributed by atoms with Crippen LogP contribution in [0.5, 0.6) is 0 Å². The largest absolute Gasteiger partial charge is 0.456 e. The monoisotopic (exact) mass is 395 g/mol. The van der Waals surface area contributed by atoms with Crippen LogP contribution >= 0.6 is 23.2 Å². The van der Waals surface area contributed by atoms with Gasteiger partial charge in [-0.2, -0.15) is 0 Å². The highest BCUT2D eigenvalue weighted by Crippen LogP contribution is 2.61. The van der Waals surface area contributed by atoms with Crippen molar-refractivity contribution in [2.75, 3.05) is 11.9 Å². The number of hydrogen-bond donors (Lipinski definition) is 1. The lowest BCUT2D eigenvalue weighted by molar-refractivity contribution is -0.154. The maximum Gasteiger partial charge on any atom is 0.306 e. The Labute approximate surface area is 163 Å². The zero-order valence-corrected chi connectivity index (χ0v) is 16.1. The summed E-state index contributed by atoms with van der Waals surface area (Å²) in [6.07, 6.45) is 7.95. The number of hydrogen-bond acceptors (Lipinski definition) is 3. The number of carbonyl (C=O) groups excluding carboxylic acids is 2. The predicted octanol–water partition coefficient (Wildman–Crippen LogP) is 5.08. The minimum absolute atomic E-state index is 0.128. The molecule has 26 heavy (non-hydrogen) atoms. The van der Waals surface area contributed by atoms with E-state index >= 15 is 0 Å². The molecule has 4 nitrogen and oxygen atoms in total. The van der Waals surface area contributed by atoms with Crippen molar-refractivity contribution in [2.24, 2.45) is 23.2 Å². The highest BCUT2D eigenvalue weighted by Gasteiger charge is 2.51. The van der Waals surface area contributed by atoms with Crippen molar-refractivity contribution in [1.29, 1.82) is 0 Å². The number of anilines is 1. The maximum atomic E-state index is 12.3. The van der Waals surface area contributed by atoms with Gasteiger partial charge in [-0.1, -0.05) is 23.2 Å². The number of carbonyl (C=O) groups is 2. The summed E-state index contributed by atoms with van der Waals surface area (Å²) in [6, 6.07) is 4.79. The smallest absolute Gasteiger partial charge is 0.306 e. The lowest BCUT2D eigenvalue weighted by Gasteiger charge is -2.56. The van der Waals surface area contributed by atoms with E-state index in [9.17, 15) is 9.59 Å². The summed E-state index contributed by atoms with van der Waals surface area (Å²) < 4.78 is 5.26. The Morgan fingerprint density at radius 3 is 2.08 bits per heavy atom. The van der Waals surface area contributed by atoms with Gasteiger partial charge in [0, 0.05) is 15.7 Å². The van der Waals surface area contributed by atoms with Crippen LogP contribution in [-0.4, -0.2) is 18.5 Å². The van der Waals surface area contributed by atoms with Crippen LogP contribution in [0.15, 0.2) is 18.2 Å². The molecule has 4 saturated carbocycles. The van der Waals surface area contributed by atoms with Gasteiger partial charge in [-0.3, -0.25) is 9.59 Å². The molecule has 0 atom stereocenters. The number of amides is 1. The van der Waals surface area contributed by atoms with Gasteiger partial charge in [0.15, 0.2) is 6.61 Å². The minimum atomic E-state index is -0.387. The molecule has 0 spiro atoms. The molecule has 0 heterocycles. The third-order valence-corrected chi connectivity index (χ3v) is 6.63. The van der Waals surface area contributed by atoms with E-state index in [0.717, 1.165) is 37.0 Å². The van der Waals surface area contributed by atoms with Gasteiger partial charge in [-0.25, -0.2) is 0 Å². The van der Waals surface area contributed by atoms with Gasteiger partial charge in [0.25, 0.3) is 5.91 Å². The Bertz CT molecular complexity index is 678. The molecule has 1 amide bonds. The van der Waals surface area contributed by atoms with Gasteiger partial charge in [0.2, 0.25) is 0 Å². The Balaban J connectivity index is 1.28. The Kier molecular flexibility index (Phi) is 4.91. The topological polar surface area (TPSA) is 55.4 Å². The average molecular weight is 396 g/mol. The number of benzene rings is 1. The molecule has 140 valence electrons. The molecule has 4 aliphatic carbocycles. The van der Waals surface area contributed by atoms with Crippen LogP contribution in [0.1, 0.15) is 44.9 Å². The summed E-state index contributed by atoms with van der Waals surface area (Å²) in [6.45, 7) is -0.282. The fraction of sp³-hybridized carbons (Fsp3) is 0.600. The van der Waals surface area contributed by atoms with E-state index in [0.29, 0.717) is 22.2 Å². The molecular formula is C20H23Cl2NO3. The lowest BCUT2D eigenvalue weighted by Crippen LogP contribution is -2.47. The molecule has 1 N–H and O–H groups in total. The molecule has 4 fully saturated rings. The number of rotatable bonds is 5. The van der Waals surface area contributed by atoms with Crippen molar-refractivity contribution >= 4 is 40.8 Å². The average Bonchev–Trinajstić information content (AvgIpc) is 2.50. The number of halogens is 2. The fourth-order valence-corrected chi connectivity index (χ4v) is 6.36. The molecule has 1 aromatic rings. The summed E-state index contributed by atoms with van der Waals surface area (Å²) >= 11 is 11.8. The second-order valence-corrected chi connectivity index (χ2v) is 9.33. The van der Waals surface area contributed by atoms with Crippen molar-refractivity contribution in [2.45, 2.75) is 44.9 Å². The van der Waals surface area contributed by atoms with Crippen LogP contribution in [-0.2, 0) is 14.3 Å². The first-order valence-corrected chi connectivity index (χ1v) is 10.1. The van der Waals surface area contributed by atoms with E-state index < -0.39 is 0 Å². The normalized spacial score (nSPS) is 31.7. The third kappa shape index (κ3) is 4.01. The molecule has 6 heteroatoms. The highest BCUT2D eigenvalue weighted by molar-refractivity contribution is 6.35. The van der Waals surface area contributed by atoms with Crippen molar-refractivity contribution in [3.8, 4) is 0 Å². The highest BCUT2D eigenvalue weighted by atomic mass is 35.5. The standard InChI is InChI=1S/C20H23Cl2NO3/c21-15-4-16(22)6-17(5-15)23-18(24)11-26-19(25)10-20-7-12-1-13(8-20)3-14(2-12)9-20/h4-6,12-14H,1-3,7-11H2,(H,23,24). The van der Waals surface area contributed by atoms with Crippen LogP contribution in [0.4, 0.5) is 5.69 Å². The minimum Gasteiger partial charge on any atom is -0.456 e. The van der Waals surface area contributed by atoms with Gasteiger partial charge >= 0.3 is 5.97 Å². The first-order valence-electron chi connectivity index (χ1n) is 9.31. The van der Waals surface area contributed by atoms with Crippen molar-refractivity contribution in [3.05, 3.63) is 28.2 Å². The molecule has 4 bridgehead atoms. The van der Waals surface area contributed by atoms with Crippen LogP contribution in [0.2, 0.25) is 10.0 Å². The Hall–Kier alpha value is -1.26. The fourth-order valence-electron chi connectivity index (χ4n) is 5.83. The van der Waals surface area contributed by atoms with E-state index in [4.69, 9.17) is 27.9 Å². The predicted molar refractivity (Wildman–Crippen MR) is 101 cm³/mol. The van der Waals surface area contributed by atoms with E-state index in [2.05, 4.69) is 5.32 Å². The summed E-state index contributed by atoms with van der Waals surface area (Å²) in [5.41, 5.74) is 0.618. The first-order chi connectivity index (χ1) is 12.4. The number of ether oxygens (including phenoxy) is 1. The lowest BCUT2D eigenvalue weighted by atomic mass is 9.49. The molecule has 0 aliphatic heterocycles. The Morgan fingerprint density at radius 2 is 1.54 bits per heavy atom. The zero-order valence-electron chi connectivity index (χ0n) is 14.6. The summed E-state index contributed by atoms with van der Waals surface area (Å²) in [5.74, 6) is 1.74. The molecule has 0 unspecified atom stereocenters. The van der Waals surface area contributed by atoms with E-state index in [-0.39, 0.29) is 23.9 Å². The second kappa shape index (κ2) is 7.05. The van der Waals surface area contributed by atoms with Crippen molar-refractivity contribution in [3.63, 3.8) is 0 Å². The van der Waals surface area contributed by atoms with E-state index in [1.165, 1.54) is 19.3 Å². The summed E-state index contributed by atoms with van der Waals surface area (Å²) in [7, 11) is 0. The summed E-state index contributed by atoms with van der Waals surface area (Å²) in [4.78, 5) is 24.4. The van der Waals surface area contributed by atoms with Crippen LogP contribution in [0, 0.1) is 23.2 Å². The molecule has 0 aromatic heterocycles. The van der Waals surface area contributed by atoms with Gasteiger partial charge in [0.1, 0.15) is 0 Å². The Morgan fingerprint density at radius 1 is 1.00 bits per heavy atom. The quantitative estimate of drug-likeness (QED) is 0.706. The molecular weight excluding hydrogens is 373 g/mol. The van der Waals surface area contributed by atoms with Crippen molar-refractivity contribution < 1.29 is 14.3 Å². The van der Waals surface area contributed by atoms with Crippen LogP contribution in [0.25, 0.3) is 0 Å². The van der Waals surface area contributed by atoms with Gasteiger partial charge in [0.05, 0.1) is 6.42 Å². The third-order valence-electron chi connectivity index (χ3n) is 6.19. The molecule has 1 aromatic carbocycles. The molecule has 4 aliphatic rings. The van der Waals surface area contributed by atoms with Crippen LogP contribution in [0.3, 0.4) is 0 Å². The SMILES string of the molecule is O=C(COC(=O)CC12CC3CC(CC(C3)C1)C2)Nc1cc(Cl)cc(Cl)c1. The van der Waals surface area contributed by atoms with Gasteiger partial charge < -0.3 is 10.1 Å². The molecule has 0 radical (unpaired) electrons. The number of nitrogens with one attached hydrogen (secondary N) is 1.